The number of ether oxygens (including phenoxy) is 1. The van der Waals surface area contributed by atoms with E-state index >= 15 is 0 Å². The third kappa shape index (κ3) is 2.48. The van der Waals surface area contributed by atoms with Crippen LogP contribution in [-0.2, 0) is 4.74 Å². The molecule has 2 aliphatic rings. The first kappa shape index (κ1) is 13.0. The van der Waals surface area contributed by atoms with Gasteiger partial charge in [-0.2, -0.15) is 10.2 Å². The number of hydrogen-bond donors (Lipinski definition) is 1. The largest absolute Gasteiger partial charge is 0.381 e. The summed E-state index contributed by atoms with van der Waals surface area (Å²) < 4.78 is 7.64. The zero-order chi connectivity index (χ0) is 14.1. The maximum Gasteiger partial charge on any atom is 0.161 e. The molecule has 1 unspecified atom stereocenters. The van der Waals surface area contributed by atoms with Gasteiger partial charge < -0.3 is 4.74 Å². The maximum absolute atomic E-state index is 5.49. The van der Waals surface area contributed by atoms with Crippen LogP contribution in [0.1, 0.15) is 56.3 Å². The van der Waals surface area contributed by atoms with E-state index in [-0.39, 0.29) is 0 Å². The summed E-state index contributed by atoms with van der Waals surface area (Å²) in [4.78, 5) is 4.82. The molecule has 0 bridgehead atoms. The van der Waals surface area contributed by atoms with Crippen molar-refractivity contribution >= 4 is 0 Å². The molecule has 1 N–H and O–H groups in total. The van der Waals surface area contributed by atoms with Crippen molar-refractivity contribution in [3.8, 4) is 11.4 Å². The summed E-state index contributed by atoms with van der Waals surface area (Å²) in [5, 5.41) is 11.8. The van der Waals surface area contributed by atoms with Crippen molar-refractivity contribution in [2.45, 2.75) is 50.5 Å². The van der Waals surface area contributed by atoms with Crippen molar-refractivity contribution in [3.63, 3.8) is 0 Å². The number of aromatic amines is 1. The lowest BCUT2D eigenvalue weighted by molar-refractivity contribution is 0.193. The van der Waals surface area contributed by atoms with E-state index in [9.17, 15) is 0 Å². The number of hydrogen-bond acceptors (Lipinski definition) is 4. The second-order valence-electron chi connectivity index (χ2n) is 6.08. The van der Waals surface area contributed by atoms with E-state index < -0.39 is 0 Å². The fourth-order valence-corrected chi connectivity index (χ4v) is 3.40. The van der Waals surface area contributed by atoms with Gasteiger partial charge in [0.2, 0.25) is 0 Å². The first-order chi connectivity index (χ1) is 10.4. The van der Waals surface area contributed by atoms with Crippen LogP contribution in [0.2, 0.25) is 0 Å². The van der Waals surface area contributed by atoms with Crippen LogP contribution in [0, 0.1) is 0 Å². The Morgan fingerprint density at radius 2 is 2.10 bits per heavy atom. The third-order valence-corrected chi connectivity index (χ3v) is 4.62. The van der Waals surface area contributed by atoms with Gasteiger partial charge in [0.15, 0.2) is 11.6 Å². The quantitative estimate of drug-likeness (QED) is 0.942. The van der Waals surface area contributed by atoms with Crippen LogP contribution in [-0.4, -0.2) is 38.2 Å². The molecule has 21 heavy (non-hydrogen) atoms. The second kappa shape index (κ2) is 5.60. The van der Waals surface area contributed by atoms with Gasteiger partial charge in [0.05, 0.1) is 24.4 Å². The number of rotatable bonds is 3. The number of H-pyrrole nitrogens is 1. The van der Waals surface area contributed by atoms with Crippen LogP contribution in [0.15, 0.2) is 12.4 Å². The Labute approximate surface area is 123 Å². The number of nitrogens with zero attached hydrogens (tertiary/aromatic N) is 4. The third-order valence-electron chi connectivity index (χ3n) is 4.62. The number of nitrogens with one attached hydrogen (secondary N) is 1. The molecule has 3 heterocycles. The van der Waals surface area contributed by atoms with Gasteiger partial charge >= 0.3 is 0 Å². The molecule has 4 rings (SSSR count). The molecule has 2 aromatic rings. The zero-order valence-corrected chi connectivity index (χ0v) is 12.2. The molecular weight excluding hydrogens is 266 g/mol. The average Bonchev–Trinajstić information content (AvgIpc) is 3.27. The molecule has 6 nitrogen and oxygen atoms in total. The van der Waals surface area contributed by atoms with Crippen molar-refractivity contribution in [3.05, 3.63) is 18.2 Å². The molecule has 1 saturated carbocycles. The first-order valence-electron chi connectivity index (χ1n) is 7.95. The van der Waals surface area contributed by atoms with Crippen LogP contribution in [0.25, 0.3) is 11.4 Å². The van der Waals surface area contributed by atoms with Gasteiger partial charge in [-0.15, -0.1) is 0 Å². The highest BCUT2D eigenvalue weighted by Crippen LogP contribution is 2.33. The first-order valence-corrected chi connectivity index (χ1v) is 7.95. The van der Waals surface area contributed by atoms with Gasteiger partial charge in [0.25, 0.3) is 0 Å². The topological polar surface area (TPSA) is 68.6 Å². The molecule has 2 aromatic heterocycles. The zero-order valence-electron chi connectivity index (χ0n) is 12.2. The monoisotopic (exact) mass is 287 g/mol. The fourth-order valence-electron chi connectivity index (χ4n) is 3.40. The van der Waals surface area contributed by atoms with Gasteiger partial charge in [0, 0.05) is 18.7 Å². The van der Waals surface area contributed by atoms with Gasteiger partial charge in [-0.25, -0.2) is 9.67 Å². The van der Waals surface area contributed by atoms with Crippen LogP contribution >= 0.6 is 0 Å². The summed E-state index contributed by atoms with van der Waals surface area (Å²) in [7, 11) is 0. The maximum atomic E-state index is 5.49. The highest BCUT2D eigenvalue weighted by atomic mass is 16.5. The van der Waals surface area contributed by atoms with E-state index in [4.69, 9.17) is 14.8 Å². The minimum absolute atomic E-state index is 0.348. The van der Waals surface area contributed by atoms with E-state index in [0.29, 0.717) is 12.0 Å². The lowest BCUT2D eigenvalue weighted by atomic mass is 9.95. The summed E-state index contributed by atoms with van der Waals surface area (Å²) >= 11 is 0. The molecule has 112 valence electrons. The molecule has 6 heteroatoms. The Hall–Kier alpha value is -1.69. The summed E-state index contributed by atoms with van der Waals surface area (Å²) in [5.41, 5.74) is 1.03. The molecule has 0 spiro atoms. The van der Waals surface area contributed by atoms with Crippen LogP contribution < -0.4 is 0 Å². The summed E-state index contributed by atoms with van der Waals surface area (Å²) in [6, 6.07) is 0.479. The molecule has 0 aromatic carbocycles. The highest BCUT2D eigenvalue weighted by Gasteiger charge is 2.27. The van der Waals surface area contributed by atoms with Gasteiger partial charge in [-0.3, -0.25) is 5.10 Å². The lowest BCUT2D eigenvalue weighted by Gasteiger charge is -2.22. The standard InChI is InChI=1S/C15H21N5O/c1-2-4-13(5-3-1)20-15(12-8-16-17-9-12)18-14(19-20)11-6-7-21-10-11/h8-9,11,13H,1-7,10H2,(H,16,17). The van der Waals surface area contributed by atoms with E-state index in [1.54, 1.807) is 0 Å². The van der Waals surface area contributed by atoms with Crippen molar-refractivity contribution in [1.29, 1.82) is 0 Å². The number of aromatic nitrogens is 5. The van der Waals surface area contributed by atoms with Crippen LogP contribution in [0.5, 0.6) is 0 Å². The normalized spacial score (nSPS) is 23.7. The van der Waals surface area contributed by atoms with Crippen molar-refractivity contribution in [2.24, 2.45) is 0 Å². The van der Waals surface area contributed by atoms with Crippen molar-refractivity contribution in [1.82, 2.24) is 25.0 Å². The van der Waals surface area contributed by atoms with Crippen molar-refractivity contribution < 1.29 is 4.74 Å². The second-order valence-corrected chi connectivity index (χ2v) is 6.08. The van der Waals surface area contributed by atoms with E-state index in [0.717, 1.165) is 36.8 Å². The Morgan fingerprint density at radius 1 is 1.19 bits per heavy atom. The molecule has 0 amide bonds. The molecule has 1 aliphatic carbocycles. The molecule has 1 aliphatic heterocycles. The SMILES string of the molecule is c1n[nH]cc1-c1nc(C2CCOC2)nn1C1CCCCC1. The van der Waals surface area contributed by atoms with Gasteiger partial charge in [0.1, 0.15) is 0 Å². The van der Waals surface area contributed by atoms with E-state index in [1.807, 2.05) is 12.4 Å². The molecule has 2 fully saturated rings. The highest BCUT2D eigenvalue weighted by molar-refractivity contribution is 5.52. The molecular formula is C15H21N5O. The van der Waals surface area contributed by atoms with Crippen molar-refractivity contribution in [2.75, 3.05) is 13.2 Å². The fraction of sp³-hybridized carbons (Fsp3) is 0.667. The molecule has 1 saturated heterocycles. The predicted molar refractivity (Wildman–Crippen MR) is 77.9 cm³/mol. The Morgan fingerprint density at radius 3 is 2.81 bits per heavy atom. The Bertz CT molecular complexity index is 579. The summed E-state index contributed by atoms with van der Waals surface area (Å²) in [6.07, 6.45) is 11.1. The Kier molecular flexibility index (Phi) is 3.47. The van der Waals surface area contributed by atoms with E-state index in [2.05, 4.69) is 14.9 Å². The summed E-state index contributed by atoms with van der Waals surface area (Å²) in [5.74, 6) is 2.24. The lowest BCUT2D eigenvalue weighted by Crippen LogP contribution is -2.15. The van der Waals surface area contributed by atoms with Gasteiger partial charge in [-0.05, 0) is 19.3 Å². The minimum Gasteiger partial charge on any atom is -0.381 e. The molecule has 1 atom stereocenters. The average molecular weight is 287 g/mol. The molecule has 0 radical (unpaired) electrons. The van der Waals surface area contributed by atoms with Gasteiger partial charge in [-0.1, -0.05) is 19.3 Å². The summed E-state index contributed by atoms with van der Waals surface area (Å²) in [6.45, 7) is 1.57. The smallest absolute Gasteiger partial charge is 0.161 e. The predicted octanol–water partition coefficient (Wildman–Crippen LogP) is 2.68. The Balaban J connectivity index is 1.71. The minimum atomic E-state index is 0.348. The van der Waals surface area contributed by atoms with E-state index in [1.165, 1.54) is 32.1 Å². The van der Waals surface area contributed by atoms with Crippen LogP contribution in [0.3, 0.4) is 0 Å². The van der Waals surface area contributed by atoms with Crippen LogP contribution in [0.4, 0.5) is 0 Å².